The Balaban J connectivity index is 1.33. The first-order valence-electron chi connectivity index (χ1n) is 8.24. The van der Waals surface area contributed by atoms with Crippen molar-refractivity contribution in [2.75, 3.05) is 32.9 Å². The molecule has 116 valence electrons. The number of hydrogen-bond acceptors (Lipinski definition) is 4. The zero-order chi connectivity index (χ0) is 14.2. The molecule has 0 spiro atoms. The average molecular weight is 282 g/mol. The molecule has 4 nitrogen and oxygen atoms in total. The van der Waals surface area contributed by atoms with E-state index in [0.29, 0.717) is 12.0 Å². The molecule has 1 aliphatic heterocycles. The van der Waals surface area contributed by atoms with E-state index in [1.165, 1.54) is 12.8 Å². The molecule has 0 aromatic rings. The van der Waals surface area contributed by atoms with Crippen molar-refractivity contribution in [2.45, 2.75) is 51.2 Å². The summed E-state index contributed by atoms with van der Waals surface area (Å²) in [6.45, 7) is 9.12. The van der Waals surface area contributed by atoms with Crippen LogP contribution in [0.1, 0.15) is 39.5 Å². The molecule has 0 amide bonds. The molecule has 2 aliphatic carbocycles. The highest BCUT2D eigenvalue weighted by Crippen LogP contribution is 2.57. The Morgan fingerprint density at radius 3 is 2.85 bits per heavy atom. The van der Waals surface area contributed by atoms with Crippen molar-refractivity contribution in [2.24, 2.45) is 23.0 Å². The smallest absolute Gasteiger partial charge is 0.0691 e. The van der Waals surface area contributed by atoms with Gasteiger partial charge in [-0.3, -0.25) is 0 Å². The number of hydrogen-bond donors (Lipinski definition) is 2. The highest BCUT2D eigenvalue weighted by molar-refractivity contribution is 5.21. The van der Waals surface area contributed by atoms with Crippen molar-refractivity contribution < 1.29 is 9.47 Å². The van der Waals surface area contributed by atoms with Gasteiger partial charge < -0.3 is 20.5 Å². The molecule has 3 rings (SSSR count). The number of nitrogens with one attached hydrogen (secondary N) is 1. The summed E-state index contributed by atoms with van der Waals surface area (Å²) in [5.41, 5.74) is 6.66. The summed E-state index contributed by atoms with van der Waals surface area (Å²) in [6.07, 6.45) is 5.31. The van der Waals surface area contributed by atoms with E-state index >= 15 is 0 Å². The van der Waals surface area contributed by atoms with Gasteiger partial charge in [-0.15, -0.1) is 0 Å². The van der Waals surface area contributed by atoms with Gasteiger partial charge in [0.1, 0.15) is 0 Å². The van der Waals surface area contributed by atoms with Crippen molar-refractivity contribution >= 4 is 0 Å². The lowest BCUT2D eigenvalue weighted by Crippen LogP contribution is -2.78. The normalized spacial score (nSPS) is 38.5. The van der Waals surface area contributed by atoms with Crippen LogP contribution < -0.4 is 11.1 Å². The maximum Gasteiger partial charge on any atom is 0.0691 e. The maximum atomic E-state index is 6.68. The van der Waals surface area contributed by atoms with Gasteiger partial charge in [0.2, 0.25) is 0 Å². The minimum absolute atomic E-state index is 0.0869. The number of fused-ring (bicyclic) bond motifs is 1. The quantitative estimate of drug-likeness (QED) is 0.663. The molecule has 3 unspecified atom stereocenters. The van der Waals surface area contributed by atoms with E-state index in [1.807, 2.05) is 0 Å². The van der Waals surface area contributed by atoms with E-state index in [-0.39, 0.29) is 11.0 Å². The largest absolute Gasteiger partial charge is 0.381 e. The Bertz CT molecular complexity index is 343. The number of nitrogens with two attached hydrogens (primary N) is 1. The maximum absolute atomic E-state index is 6.68. The molecule has 20 heavy (non-hydrogen) atoms. The fourth-order valence-corrected chi connectivity index (χ4v) is 3.96. The van der Waals surface area contributed by atoms with Gasteiger partial charge in [0, 0.05) is 43.2 Å². The molecule has 0 aromatic heterocycles. The van der Waals surface area contributed by atoms with Crippen LogP contribution in [0.3, 0.4) is 0 Å². The summed E-state index contributed by atoms with van der Waals surface area (Å²) < 4.78 is 11.5. The Morgan fingerprint density at radius 1 is 1.30 bits per heavy atom. The summed E-state index contributed by atoms with van der Waals surface area (Å²) in [7, 11) is 0. The predicted molar refractivity (Wildman–Crippen MR) is 79.6 cm³/mol. The van der Waals surface area contributed by atoms with Gasteiger partial charge in [0.25, 0.3) is 0 Å². The van der Waals surface area contributed by atoms with Crippen LogP contribution in [0, 0.1) is 17.3 Å². The molecule has 0 radical (unpaired) electrons. The van der Waals surface area contributed by atoms with Gasteiger partial charge in [-0.25, -0.2) is 0 Å². The summed E-state index contributed by atoms with van der Waals surface area (Å²) in [4.78, 5) is 0. The third kappa shape index (κ3) is 2.52. The van der Waals surface area contributed by atoms with E-state index in [0.717, 1.165) is 51.7 Å². The molecule has 3 N–H and O–H groups in total. The second-order valence-corrected chi connectivity index (χ2v) is 7.50. The van der Waals surface area contributed by atoms with Crippen LogP contribution in [-0.4, -0.2) is 44.6 Å². The second-order valence-electron chi connectivity index (χ2n) is 7.50. The monoisotopic (exact) mass is 282 g/mol. The van der Waals surface area contributed by atoms with Gasteiger partial charge in [-0.05, 0) is 38.1 Å². The predicted octanol–water partition coefficient (Wildman–Crippen LogP) is 1.54. The lowest BCUT2D eigenvalue weighted by atomic mass is 9.48. The number of rotatable bonds is 8. The Morgan fingerprint density at radius 2 is 2.10 bits per heavy atom. The van der Waals surface area contributed by atoms with Crippen LogP contribution in [0.4, 0.5) is 0 Å². The minimum atomic E-state index is -0.108. The minimum Gasteiger partial charge on any atom is -0.381 e. The number of ether oxygens (including phenoxy) is 2. The summed E-state index contributed by atoms with van der Waals surface area (Å²) in [5.74, 6) is 1.40. The zero-order valence-electron chi connectivity index (χ0n) is 13.0. The molecule has 0 bridgehead atoms. The van der Waals surface area contributed by atoms with E-state index in [9.17, 15) is 0 Å². The fraction of sp³-hybridized carbons (Fsp3) is 1.00. The van der Waals surface area contributed by atoms with Crippen molar-refractivity contribution in [3.05, 3.63) is 0 Å². The van der Waals surface area contributed by atoms with Gasteiger partial charge >= 0.3 is 0 Å². The Hall–Kier alpha value is -0.160. The van der Waals surface area contributed by atoms with Crippen LogP contribution in [-0.2, 0) is 9.47 Å². The highest BCUT2D eigenvalue weighted by atomic mass is 16.5. The zero-order valence-corrected chi connectivity index (χ0v) is 13.0. The lowest BCUT2D eigenvalue weighted by molar-refractivity contribution is -0.153. The third-order valence-electron chi connectivity index (χ3n) is 5.77. The Labute approximate surface area is 122 Å². The highest BCUT2D eigenvalue weighted by Gasteiger charge is 2.67. The van der Waals surface area contributed by atoms with Crippen molar-refractivity contribution in [3.63, 3.8) is 0 Å². The van der Waals surface area contributed by atoms with Crippen LogP contribution in [0.15, 0.2) is 0 Å². The summed E-state index contributed by atoms with van der Waals surface area (Å²) in [6, 6.07) is 0. The summed E-state index contributed by atoms with van der Waals surface area (Å²) in [5, 5.41) is 3.54. The fourth-order valence-electron chi connectivity index (χ4n) is 3.96. The average Bonchev–Trinajstić information content (AvgIpc) is 3.11. The van der Waals surface area contributed by atoms with Gasteiger partial charge in [0.15, 0.2) is 0 Å². The van der Waals surface area contributed by atoms with Crippen molar-refractivity contribution in [3.8, 4) is 0 Å². The van der Waals surface area contributed by atoms with Gasteiger partial charge in [-0.1, -0.05) is 13.8 Å². The molecular formula is C16H30N2O2. The van der Waals surface area contributed by atoms with Crippen LogP contribution in [0.2, 0.25) is 0 Å². The van der Waals surface area contributed by atoms with Crippen molar-refractivity contribution in [1.82, 2.24) is 5.32 Å². The van der Waals surface area contributed by atoms with E-state index < -0.39 is 0 Å². The standard InChI is InChI=1S/C16H30N2O2/c1-15(2)14-13(6-9-20-14)16(15,17)11-18-7-3-8-19-10-12-4-5-12/h12-14,18H,3-11,17H2,1-2H3. The van der Waals surface area contributed by atoms with E-state index in [1.54, 1.807) is 0 Å². The van der Waals surface area contributed by atoms with Crippen molar-refractivity contribution in [1.29, 1.82) is 0 Å². The summed E-state index contributed by atoms with van der Waals surface area (Å²) >= 11 is 0. The molecule has 3 fully saturated rings. The molecule has 3 atom stereocenters. The second kappa shape index (κ2) is 5.56. The molecule has 2 saturated carbocycles. The Kier molecular flexibility index (Phi) is 4.10. The molecule has 3 aliphatic rings. The topological polar surface area (TPSA) is 56.5 Å². The first kappa shape index (κ1) is 14.8. The van der Waals surface area contributed by atoms with Gasteiger partial charge in [0.05, 0.1) is 6.10 Å². The van der Waals surface area contributed by atoms with Crippen LogP contribution >= 0.6 is 0 Å². The molecule has 4 heteroatoms. The molecule has 1 heterocycles. The molecule has 0 aromatic carbocycles. The van der Waals surface area contributed by atoms with Crippen LogP contribution in [0.5, 0.6) is 0 Å². The molecular weight excluding hydrogens is 252 g/mol. The first-order chi connectivity index (χ1) is 9.56. The SMILES string of the molecule is CC1(C)C2OCCC2C1(N)CNCCCOCC1CC1. The van der Waals surface area contributed by atoms with E-state index in [4.69, 9.17) is 15.2 Å². The van der Waals surface area contributed by atoms with Gasteiger partial charge in [-0.2, -0.15) is 0 Å². The molecule has 1 saturated heterocycles. The lowest BCUT2D eigenvalue weighted by Gasteiger charge is -2.62. The third-order valence-corrected chi connectivity index (χ3v) is 5.77. The first-order valence-corrected chi connectivity index (χ1v) is 8.24. The van der Waals surface area contributed by atoms with Crippen LogP contribution in [0.25, 0.3) is 0 Å². The van der Waals surface area contributed by atoms with E-state index in [2.05, 4.69) is 19.2 Å².